The van der Waals surface area contributed by atoms with E-state index in [1.165, 1.54) is 17.4 Å². The van der Waals surface area contributed by atoms with Gasteiger partial charge in [0.25, 0.3) is 5.91 Å². The Bertz CT molecular complexity index is 1170. The Kier molecular flexibility index (Phi) is 8.69. The highest BCUT2D eigenvalue weighted by molar-refractivity contribution is 7.15. The fourth-order valence-corrected chi connectivity index (χ4v) is 3.99. The zero-order valence-electron chi connectivity index (χ0n) is 17.4. The van der Waals surface area contributed by atoms with E-state index in [2.05, 4.69) is 17.2 Å². The first-order valence-corrected chi connectivity index (χ1v) is 11.6. The molecular weight excluding hydrogens is 465 g/mol. The van der Waals surface area contributed by atoms with Crippen LogP contribution < -0.4 is 10.1 Å². The van der Waals surface area contributed by atoms with Crippen LogP contribution in [0.15, 0.2) is 54.2 Å². The molecule has 1 aromatic heterocycles. The van der Waals surface area contributed by atoms with Crippen LogP contribution in [0.4, 0.5) is 5.13 Å². The van der Waals surface area contributed by atoms with E-state index < -0.39 is 5.91 Å². The van der Waals surface area contributed by atoms with Gasteiger partial charge in [-0.25, -0.2) is 4.98 Å². The molecule has 5 nitrogen and oxygen atoms in total. The Labute approximate surface area is 201 Å². The molecule has 1 heterocycles. The fourth-order valence-electron chi connectivity index (χ4n) is 2.82. The number of para-hydroxylation sites is 1. The highest BCUT2D eigenvalue weighted by Gasteiger charge is 2.14. The van der Waals surface area contributed by atoms with E-state index in [4.69, 9.17) is 27.9 Å². The smallest absolute Gasteiger partial charge is 0.268 e. The SMILES string of the molecule is CCCCOc1ccccc1/C=C(\C#N)C(=O)Nc1ncc(Cc2ccc(Cl)c(Cl)c2)s1. The maximum absolute atomic E-state index is 12.7. The van der Waals surface area contributed by atoms with Gasteiger partial charge in [0, 0.05) is 23.1 Å². The van der Waals surface area contributed by atoms with E-state index in [0.717, 1.165) is 23.3 Å². The van der Waals surface area contributed by atoms with Crippen molar-refractivity contribution in [3.8, 4) is 11.8 Å². The third-order valence-electron chi connectivity index (χ3n) is 4.48. The first kappa shape index (κ1) is 23.8. The molecule has 0 unspecified atom stereocenters. The van der Waals surface area contributed by atoms with E-state index in [-0.39, 0.29) is 5.57 Å². The van der Waals surface area contributed by atoms with Crippen LogP contribution >= 0.6 is 34.5 Å². The number of aromatic nitrogens is 1. The van der Waals surface area contributed by atoms with Crippen LogP contribution in [0.5, 0.6) is 5.75 Å². The lowest BCUT2D eigenvalue weighted by Crippen LogP contribution is -2.13. The number of hydrogen-bond acceptors (Lipinski definition) is 5. The molecule has 1 amide bonds. The zero-order chi connectivity index (χ0) is 22.9. The first-order chi connectivity index (χ1) is 15.5. The Balaban J connectivity index is 1.70. The van der Waals surface area contributed by atoms with Gasteiger partial charge in [0.1, 0.15) is 17.4 Å². The van der Waals surface area contributed by atoms with Crippen molar-refractivity contribution in [1.82, 2.24) is 4.98 Å². The summed E-state index contributed by atoms with van der Waals surface area (Å²) in [6, 6.07) is 14.7. The van der Waals surface area contributed by atoms with Gasteiger partial charge in [-0.3, -0.25) is 10.1 Å². The minimum absolute atomic E-state index is 0.0298. The van der Waals surface area contributed by atoms with Crippen molar-refractivity contribution in [2.75, 3.05) is 11.9 Å². The standard InChI is InChI=1S/C24H21Cl2N3O2S/c1-2-3-10-31-22-7-5-4-6-17(22)13-18(14-27)23(30)29-24-28-15-19(32-24)11-16-8-9-20(25)21(26)12-16/h4-9,12-13,15H,2-3,10-11H2,1H3,(H,28,29,30)/b18-13+. The van der Waals surface area contributed by atoms with Crippen LogP contribution in [0.1, 0.15) is 35.8 Å². The zero-order valence-corrected chi connectivity index (χ0v) is 19.7. The summed E-state index contributed by atoms with van der Waals surface area (Å²) in [7, 11) is 0. The van der Waals surface area contributed by atoms with E-state index in [1.807, 2.05) is 36.4 Å². The molecule has 0 aliphatic heterocycles. The highest BCUT2D eigenvalue weighted by atomic mass is 35.5. The molecule has 0 aliphatic rings. The quantitative estimate of drug-likeness (QED) is 0.206. The van der Waals surface area contributed by atoms with Gasteiger partial charge in [0.2, 0.25) is 0 Å². The summed E-state index contributed by atoms with van der Waals surface area (Å²) in [6.45, 7) is 2.66. The third kappa shape index (κ3) is 6.57. The molecular formula is C24H21Cl2N3O2S. The Hall–Kier alpha value is -2.85. The summed E-state index contributed by atoms with van der Waals surface area (Å²) >= 11 is 13.4. The topological polar surface area (TPSA) is 75.0 Å². The van der Waals surface area contributed by atoms with Gasteiger partial charge in [-0.1, -0.05) is 60.8 Å². The molecule has 0 saturated heterocycles. The van der Waals surface area contributed by atoms with Crippen LogP contribution in [-0.2, 0) is 11.2 Å². The number of nitrogens with zero attached hydrogens (tertiary/aromatic N) is 2. The van der Waals surface area contributed by atoms with Crippen molar-refractivity contribution in [1.29, 1.82) is 5.26 Å². The number of halogens is 2. The lowest BCUT2D eigenvalue weighted by atomic mass is 10.1. The lowest BCUT2D eigenvalue weighted by Gasteiger charge is -2.09. The van der Waals surface area contributed by atoms with E-state index in [9.17, 15) is 10.1 Å². The second-order valence-corrected chi connectivity index (χ2v) is 8.85. The lowest BCUT2D eigenvalue weighted by molar-refractivity contribution is -0.112. The number of thiazole rings is 1. The summed E-state index contributed by atoms with van der Waals surface area (Å²) in [6.07, 6.45) is 5.77. The number of nitriles is 1. The molecule has 0 saturated carbocycles. The number of amides is 1. The molecule has 1 N–H and O–H groups in total. The van der Waals surface area contributed by atoms with Gasteiger partial charge in [-0.15, -0.1) is 11.3 Å². The van der Waals surface area contributed by atoms with Gasteiger partial charge in [0.05, 0.1) is 16.7 Å². The van der Waals surface area contributed by atoms with Gasteiger partial charge in [-0.2, -0.15) is 5.26 Å². The van der Waals surface area contributed by atoms with Crippen LogP contribution in [0.3, 0.4) is 0 Å². The number of carbonyl (C=O) groups is 1. The van der Waals surface area contributed by atoms with Crippen LogP contribution in [0.2, 0.25) is 10.0 Å². The number of carbonyl (C=O) groups excluding carboxylic acids is 1. The van der Waals surface area contributed by atoms with Gasteiger partial charge in [0.15, 0.2) is 5.13 Å². The Morgan fingerprint density at radius 3 is 2.81 bits per heavy atom. The molecule has 3 aromatic rings. The largest absolute Gasteiger partial charge is 0.493 e. The van der Waals surface area contributed by atoms with E-state index in [0.29, 0.717) is 39.5 Å². The van der Waals surface area contributed by atoms with Crippen molar-refractivity contribution in [3.63, 3.8) is 0 Å². The minimum Gasteiger partial charge on any atom is -0.493 e. The summed E-state index contributed by atoms with van der Waals surface area (Å²) in [5, 5.41) is 13.6. The molecule has 0 spiro atoms. The Morgan fingerprint density at radius 2 is 2.06 bits per heavy atom. The number of hydrogen-bond donors (Lipinski definition) is 1. The predicted octanol–water partition coefficient (Wildman–Crippen LogP) is 6.77. The fraction of sp³-hybridized carbons (Fsp3) is 0.208. The van der Waals surface area contributed by atoms with E-state index >= 15 is 0 Å². The number of benzene rings is 2. The molecule has 0 fully saturated rings. The maximum Gasteiger partial charge on any atom is 0.268 e. The number of rotatable bonds is 9. The molecule has 8 heteroatoms. The maximum atomic E-state index is 12.7. The molecule has 0 aliphatic carbocycles. The van der Waals surface area contributed by atoms with Crippen molar-refractivity contribution < 1.29 is 9.53 Å². The third-order valence-corrected chi connectivity index (χ3v) is 6.13. The van der Waals surface area contributed by atoms with Crippen molar-refractivity contribution in [2.45, 2.75) is 26.2 Å². The second kappa shape index (κ2) is 11.7. The van der Waals surface area contributed by atoms with Gasteiger partial charge < -0.3 is 4.74 Å². The molecule has 32 heavy (non-hydrogen) atoms. The first-order valence-electron chi connectivity index (χ1n) is 10.0. The molecule has 0 radical (unpaired) electrons. The summed E-state index contributed by atoms with van der Waals surface area (Å²) in [4.78, 5) is 17.9. The summed E-state index contributed by atoms with van der Waals surface area (Å²) in [5.41, 5.74) is 1.63. The number of anilines is 1. The average Bonchev–Trinajstić information content (AvgIpc) is 3.22. The summed E-state index contributed by atoms with van der Waals surface area (Å²) in [5.74, 6) is 0.117. The van der Waals surface area contributed by atoms with Crippen molar-refractivity contribution >= 4 is 51.7 Å². The van der Waals surface area contributed by atoms with Crippen molar-refractivity contribution in [2.24, 2.45) is 0 Å². The number of unbranched alkanes of at least 4 members (excludes halogenated alkanes) is 1. The van der Waals surface area contributed by atoms with Crippen LogP contribution in [-0.4, -0.2) is 17.5 Å². The van der Waals surface area contributed by atoms with Crippen LogP contribution in [0.25, 0.3) is 6.08 Å². The minimum atomic E-state index is -0.522. The second-order valence-electron chi connectivity index (χ2n) is 6.92. The normalized spacial score (nSPS) is 11.1. The molecule has 164 valence electrons. The Morgan fingerprint density at radius 1 is 1.25 bits per heavy atom. The number of nitrogens with one attached hydrogen (secondary N) is 1. The van der Waals surface area contributed by atoms with Crippen molar-refractivity contribution in [3.05, 3.63) is 80.3 Å². The van der Waals surface area contributed by atoms with Crippen LogP contribution in [0, 0.1) is 11.3 Å². The molecule has 3 rings (SSSR count). The average molecular weight is 486 g/mol. The molecule has 0 bridgehead atoms. The molecule has 0 atom stereocenters. The highest BCUT2D eigenvalue weighted by Crippen LogP contribution is 2.27. The van der Waals surface area contributed by atoms with Gasteiger partial charge >= 0.3 is 0 Å². The molecule has 2 aromatic carbocycles. The summed E-state index contributed by atoms with van der Waals surface area (Å²) < 4.78 is 5.78. The van der Waals surface area contributed by atoms with E-state index in [1.54, 1.807) is 18.3 Å². The van der Waals surface area contributed by atoms with Gasteiger partial charge in [-0.05, 0) is 36.3 Å². The predicted molar refractivity (Wildman–Crippen MR) is 130 cm³/mol. The number of ether oxygens (including phenoxy) is 1. The monoisotopic (exact) mass is 485 g/mol.